The Morgan fingerprint density at radius 2 is 1.30 bits per heavy atom. The molecule has 0 saturated carbocycles. The summed E-state index contributed by atoms with van der Waals surface area (Å²) < 4.78 is 5.71. The maximum Gasteiger partial charge on any atom is 0.374 e. The number of aromatic hydroxyl groups is 1. The van der Waals surface area contributed by atoms with Gasteiger partial charge in [0, 0.05) is 5.56 Å². The first-order valence-electron chi connectivity index (χ1n) is 9.55. The number of benzene rings is 4. The molecule has 0 bridgehead atoms. The lowest BCUT2D eigenvalue weighted by atomic mass is 9.95. The Labute approximate surface area is 175 Å². The zero-order chi connectivity index (χ0) is 20.9. The molecular weight excluding hydrogens is 372 g/mol. The van der Waals surface area contributed by atoms with Crippen molar-refractivity contribution < 1.29 is 15.3 Å². The molecule has 4 heteroatoms. The van der Waals surface area contributed by atoms with Gasteiger partial charge in [0.1, 0.15) is 5.75 Å². The molecule has 0 spiro atoms. The molecule has 146 valence electrons. The molecule has 30 heavy (non-hydrogen) atoms. The van der Waals surface area contributed by atoms with Crippen molar-refractivity contribution in [3.05, 3.63) is 114 Å². The minimum absolute atomic E-state index is 0.0865. The van der Waals surface area contributed by atoms with Crippen LogP contribution in [0.25, 0.3) is 22.3 Å². The van der Waals surface area contributed by atoms with Gasteiger partial charge >= 0.3 is 5.90 Å². The van der Waals surface area contributed by atoms with E-state index in [0.717, 1.165) is 22.3 Å². The molecule has 0 aliphatic rings. The van der Waals surface area contributed by atoms with Crippen molar-refractivity contribution in [2.45, 2.75) is 0 Å². The molecule has 0 aromatic heterocycles. The summed E-state index contributed by atoms with van der Waals surface area (Å²) in [5.74, 6) is 0.187. The lowest BCUT2D eigenvalue weighted by molar-refractivity contribution is -0.130. The van der Waals surface area contributed by atoms with E-state index in [1.54, 1.807) is 12.1 Å². The highest BCUT2D eigenvalue weighted by Gasteiger charge is 2.19. The number of hydrogen-bond acceptors (Lipinski definition) is 3. The zero-order valence-electron chi connectivity index (χ0n) is 16.2. The number of phenolic OH excluding ortho intramolecular Hbond substituents is 1. The number of rotatable bonds is 4. The van der Waals surface area contributed by atoms with Crippen LogP contribution < -0.4 is 5.41 Å². The molecule has 0 heterocycles. The highest BCUT2D eigenvalue weighted by Crippen LogP contribution is 2.29. The van der Waals surface area contributed by atoms with Gasteiger partial charge < -0.3 is 9.84 Å². The van der Waals surface area contributed by atoms with Gasteiger partial charge in [-0.3, -0.25) is 5.41 Å². The molecule has 4 N–H and O–H groups in total. The molecule has 0 aliphatic heterocycles. The molecule has 0 unspecified atom stereocenters. The first-order chi connectivity index (χ1) is 14.6. The van der Waals surface area contributed by atoms with E-state index in [4.69, 9.17) is 15.6 Å². The molecule has 0 radical (unpaired) electrons. The van der Waals surface area contributed by atoms with Crippen LogP contribution in [0.5, 0.6) is 5.75 Å². The fourth-order valence-corrected chi connectivity index (χ4v) is 3.26. The summed E-state index contributed by atoms with van der Waals surface area (Å²) in [5.41, 5.74) is 5.25. The van der Waals surface area contributed by atoms with Crippen LogP contribution in [0.2, 0.25) is 0 Å². The number of ether oxygens (including phenoxy) is 1. The smallest absolute Gasteiger partial charge is 0.374 e. The van der Waals surface area contributed by atoms with Crippen molar-refractivity contribution in [1.29, 1.82) is 5.41 Å². The van der Waals surface area contributed by atoms with Crippen LogP contribution in [0.4, 0.5) is 0 Å². The third-order valence-corrected chi connectivity index (χ3v) is 4.82. The summed E-state index contributed by atoms with van der Waals surface area (Å²) in [6.45, 7) is 0. The van der Waals surface area contributed by atoms with Gasteiger partial charge in [-0.15, -0.1) is 0 Å². The Kier molecular flexibility index (Phi) is 5.39. The van der Waals surface area contributed by atoms with Crippen LogP contribution in [0, 0.1) is 5.41 Å². The number of phenols is 1. The largest absolute Gasteiger partial charge is 0.508 e. The van der Waals surface area contributed by atoms with Gasteiger partial charge in [0.05, 0.1) is 5.56 Å². The predicted octanol–water partition coefficient (Wildman–Crippen LogP) is 4.27. The molecule has 0 atom stereocenters. The van der Waals surface area contributed by atoms with Crippen LogP contribution in [0.1, 0.15) is 11.1 Å². The number of hydrogen-bond donors (Lipinski definition) is 3. The van der Waals surface area contributed by atoms with Gasteiger partial charge in [0.25, 0.3) is 0 Å². The van der Waals surface area contributed by atoms with Gasteiger partial charge in [-0.05, 0) is 52.6 Å². The van der Waals surface area contributed by atoms with Crippen LogP contribution in [0.15, 0.2) is 103 Å². The highest BCUT2D eigenvalue weighted by molar-refractivity contribution is 6.07. The Hall–Kier alpha value is -4.18. The summed E-state index contributed by atoms with van der Waals surface area (Å²) in [4.78, 5) is 0. The fraction of sp³-hybridized carbons (Fsp3) is 0. The van der Waals surface area contributed by atoms with Crippen molar-refractivity contribution in [1.82, 2.24) is 0 Å². The summed E-state index contributed by atoms with van der Waals surface area (Å²) in [7, 11) is 0. The van der Waals surface area contributed by atoms with E-state index in [1.807, 2.05) is 72.8 Å². The molecule has 0 saturated heterocycles. The van der Waals surface area contributed by atoms with Gasteiger partial charge in [-0.25, -0.2) is 5.41 Å². The fourth-order valence-electron chi connectivity index (χ4n) is 3.26. The van der Waals surface area contributed by atoms with Crippen LogP contribution >= 0.6 is 0 Å². The second kappa shape index (κ2) is 8.45. The topological polar surface area (TPSA) is 78.9 Å². The van der Waals surface area contributed by atoms with Crippen molar-refractivity contribution in [2.24, 2.45) is 0 Å². The lowest BCUT2D eigenvalue weighted by Crippen LogP contribution is -2.43. The van der Waals surface area contributed by atoms with E-state index in [2.05, 4.69) is 6.07 Å². The second-order valence-corrected chi connectivity index (χ2v) is 6.83. The summed E-state index contributed by atoms with van der Waals surface area (Å²) in [5, 5.41) is 24.1. The molecule has 0 aliphatic carbocycles. The van der Waals surface area contributed by atoms with Gasteiger partial charge in [-0.2, -0.15) is 0 Å². The highest BCUT2D eigenvalue weighted by atomic mass is 16.5. The van der Waals surface area contributed by atoms with E-state index < -0.39 is 0 Å². The van der Waals surface area contributed by atoms with E-state index in [1.165, 1.54) is 12.1 Å². The van der Waals surface area contributed by atoms with E-state index in [9.17, 15) is 5.11 Å². The lowest BCUT2D eigenvalue weighted by Gasteiger charge is -2.12. The van der Waals surface area contributed by atoms with Gasteiger partial charge in [0.15, 0.2) is 0 Å². The van der Waals surface area contributed by atoms with Crippen LogP contribution in [-0.2, 0) is 4.74 Å². The zero-order valence-corrected chi connectivity index (χ0v) is 16.2. The maximum absolute atomic E-state index is 9.46. The van der Waals surface area contributed by atoms with Gasteiger partial charge in [-0.1, -0.05) is 72.8 Å². The van der Waals surface area contributed by atoms with Crippen molar-refractivity contribution in [3.8, 4) is 28.0 Å². The number of nitrogens with one attached hydrogen (secondary N) is 1. The maximum atomic E-state index is 9.46. The molecule has 4 aromatic carbocycles. The van der Waals surface area contributed by atoms with Crippen molar-refractivity contribution in [3.63, 3.8) is 0 Å². The van der Waals surface area contributed by atoms with Gasteiger partial charge in [0.2, 0.25) is 5.90 Å². The number of nitrogens with two attached hydrogens (primary N) is 1. The Morgan fingerprint density at radius 1 is 0.700 bits per heavy atom. The van der Waals surface area contributed by atoms with Crippen LogP contribution in [-0.4, -0.2) is 16.9 Å². The summed E-state index contributed by atoms with van der Waals surface area (Å²) in [6, 6.07) is 32.3. The third kappa shape index (κ3) is 4.13. The van der Waals surface area contributed by atoms with E-state index >= 15 is 0 Å². The molecule has 0 fully saturated rings. The van der Waals surface area contributed by atoms with Crippen molar-refractivity contribution >= 4 is 11.8 Å². The second-order valence-electron chi connectivity index (χ2n) is 6.83. The first kappa shape index (κ1) is 19.2. The van der Waals surface area contributed by atoms with E-state index in [0.29, 0.717) is 11.1 Å². The van der Waals surface area contributed by atoms with E-state index in [-0.39, 0.29) is 17.5 Å². The summed E-state index contributed by atoms with van der Waals surface area (Å²) >= 11 is 0. The standard InChI is InChI=1S/C26H20N2O2/c27-25(20-11-14-22(29)15-12-20)30-26(28)24-17-21(18-7-3-1-4-8-18)13-16-23(24)19-9-5-2-6-10-19/h1-17,27-29H/p+1. The Bertz CT molecular complexity index is 1180. The average Bonchev–Trinajstić information content (AvgIpc) is 2.80. The average molecular weight is 393 g/mol. The summed E-state index contributed by atoms with van der Waals surface area (Å²) in [6.07, 6.45) is 0. The minimum Gasteiger partial charge on any atom is -0.508 e. The minimum atomic E-state index is -0.0865. The predicted molar refractivity (Wildman–Crippen MR) is 119 cm³/mol. The molecule has 4 rings (SSSR count). The van der Waals surface area contributed by atoms with Crippen molar-refractivity contribution in [2.75, 3.05) is 0 Å². The SMILES string of the molecule is N=C(OC(=[NH2+])c1cc(-c2ccccc2)ccc1-c1ccccc1)c1ccc(O)cc1. The quantitative estimate of drug-likeness (QED) is 0.358. The third-order valence-electron chi connectivity index (χ3n) is 4.82. The van der Waals surface area contributed by atoms with Crippen LogP contribution in [0.3, 0.4) is 0 Å². The Balaban J connectivity index is 1.72. The monoisotopic (exact) mass is 393 g/mol. The normalized spacial score (nSPS) is 10.4. The Morgan fingerprint density at radius 3 is 1.93 bits per heavy atom. The molecule has 4 aromatic rings. The molecule has 0 amide bonds. The molecular formula is C26H21N2O2+. The first-order valence-corrected chi connectivity index (χ1v) is 9.55. The molecule has 4 nitrogen and oxygen atoms in total.